The fraction of sp³-hybridized carbons (Fsp3) is 0.739. The lowest BCUT2D eigenvalue weighted by atomic mass is 10.0. The molecule has 6 nitrogen and oxygen atoms in total. The highest BCUT2D eigenvalue weighted by Gasteiger charge is 2.22. The van der Waals surface area contributed by atoms with Crippen LogP contribution in [0, 0.1) is 12.8 Å². The molecule has 0 radical (unpaired) electrons. The molecular weight excluding hydrogens is 362 g/mol. The molecule has 1 aliphatic rings. The molecule has 1 fully saturated rings. The van der Waals surface area contributed by atoms with E-state index in [4.69, 9.17) is 0 Å². The molecule has 2 heterocycles. The monoisotopic (exact) mass is 403 g/mol. The molecule has 0 spiro atoms. The van der Waals surface area contributed by atoms with Crippen molar-refractivity contribution in [1.82, 2.24) is 20.1 Å². The van der Waals surface area contributed by atoms with Gasteiger partial charge in [-0.15, -0.1) is 0 Å². The number of hydrogen-bond acceptors (Lipinski definition) is 3. The standard InChI is InChI=1S/C23H41N5O/c1-19(2)21(27-15-8-5-6-9-16-27)18-26-23(24-4)25-14-7-10-17-28-20(3)12-11-13-22(28)29/h11-13,19,21H,5-10,14-18H2,1-4H3,(H2,24,25,26). The Labute approximate surface area is 176 Å². The Morgan fingerprint density at radius 1 is 1.10 bits per heavy atom. The summed E-state index contributed by atoms with van der Waals surface area (Å²) >= 11 is 0. The summed E-state index contributed by atoms with van der Waals surface area (Å²) in [5.74, 6) is 1.49. The molecule has 0 aliphatic carbocycles. The van der Waals surface area contributed by atoms with Gasteiger partial charge in [0.25, 0.3) is 5.56 Å². The molecule has 1 atom stereocenters. The molecule has 0 saturated carbocycles. The van der Waals surface area contributed by atoms with Gasteiger partial charge in [0.2, 0.25) is 0 Å². The van der Waals surface area contributed by atoms with Crippen LogP contribution in [0.25, 0.3) is 0 Å². The molecule has 1 aromatic heterocycles. The number of aromatic nitrogens is 1. The average molecular weight is 404 g/mol. The smallest absolute Gasteiger partial charge is 0.250 e. The van der Waals surface area contributed by atoms with Crippen LogP contribution in [0.1, 0.15) is 58.1 Å². The number of hydrogen-bond donors (Lipinski definition) is 2. The van der Waals surface area contributed by atoms with E-state index in [9.17, 15) is 4.79 Å². The lowest BCUT2D eigenvalue weighted by Crippen LogP contribution is -2.49. The number of nitrogens with one attached hydrogen (secondary N) is 2. The molecule has 29 heavy (non-hydrogen) atoms. The highest BCUT2D eigenvalue weighted by atomic mass is 16.1. The van der Waals surface area contributed by atoms with Gasteiger partial charge < -0.3 is 15.2 Å². The first-order valence-electron chi connectivity index (χ1n) is 11.4. The summed E-state index contributed by atoms with van der Waals surface area (Å²) in [6, 6.07) is 5.98. The minimum atomic E-state index is 0.0867. The topological polar surface area (TPSA) is 61.7 Å². The van der Waals surface area contributed by atoms with Crippen molar-refractivity contribution in [1.29, 1.82) is 0 Å². The zero-order chi connectivity index (χ0) is 21.1. The molecule has 0 amide bonds. The fourth-order valence-electron chi connectivity index (χ4n) is 4.15. The maximum absolute atomic E-state index is 11.9. The Kier molecular flexibility index (Phi) is 10.3. The molecule has 2 N–H and O–H groups in total. The van der Waals surface area contributed by atoms with Crippen LogP contribution >= 0.6 is 0 Å². The van der Waals surface area contributed by atoms with Crippen LogP contribution < -0.4 is 16.2 Å². The van der Waals surface area contributed by atoms with Crippen molar-refractivity contribution in [2.75, 3.05) is 33.2 Å². The van der Waals surface area contributed by atoms with Crippen molar-refractivity contribution in [3.8, 4) is 0 Å². The number of pyridine rings is 1. The summed E-state index contributed by atoms with van der Waals surface area (Å²) in [5, 5.41) is 6.96. The Morgan fingerprint density at radius 2 is 1.83 bits per heavy atom. The minimum Gasteiger partial charge on any atom is -0.356 e. The third-order valence-corrected chi connectivity index (χ3v) is 5.95. The predicted octanol–water partition coefficient (Wildman–Crippen LogP) is 3.00. The van der Waals surface area contributed by atoms with Crippen molar-refractivity contribution < 1.29 is 0 Å². The second-order valence-corrected chi connectivity index (χ2v) is 8.51. The third-order valence-electron chi connectivity index (χ3n) is 5.95. The van der Waals surface area contributed by atoms with Crippen LogP contribution in [0.4, 0.5) is 0 Å². The van der Waals surface area contributed by atoms with Gasteiger partial charge in [0.15, 0.2) is 5.96 Å². The number of guanidine groups is 1. The van der Waals surface area contributed by atoms with Gasteiger partial charge in [0, 0.05) is 44.5 Å². The maximum atomic E-state index is 11.9. The van der Waals surface area contributed by atoms with E-state index in [1.165, 1.54) is 38.8 Å². The molecule has 2 rings (SSSR count). The number of nitrogens with zero attached hydrogens (tertiary/aromatic N) is 3. The minimum absolute atomic E-state index is 0.0867. The Morgan fingerprint density at radius 3 is 2.45 bits per heavy atom. The van der Waals surface area contributed by atoms with Crippen LogP contribution in [0.2, 0.25) is 0 Å². The zero-order valence-electron chi connectivity index (χ0n) is 18.9. The fourth-order valence-corrected chi connectivity index (χ4v) is 4.15. The maximum Gasteiger partial charge on any atom is 0.250 e. The lowest BCUT2D eigenvalue weighted by Gasteiger charge is -2.34. The molecule has 1 unspecified atom stereocenters. The molecule has 1 saturated heterocycles. The van der Waals surface area contributed by atoms with Gasteiger partial charge in [-0.2, -0.15) is 0 Å². The number of rotatable bonds is 9. The van der Waals surface area contributed by atoms with Gasteiger partial charge in [0.1, 0.15) is 0 Å². The van der Waals surface area contributed by atoms with E-state index in [0.717, 1.165) is 44.1 Å². The van der Waals surface area contributed by atoms with Crippen LogP contribution in [-0.2, 0) is 6.54 Å². The average Bonchev–Trinajstić information content (AvgIpc) is 2.97. The number of unbranched alkanes of at least 4 members (excludes halogenated alkanes) is 1. The lowest BCUT2D eigenvalue weighted by molar-refractivity contribution is 0.161. The number of aliphatic imine (C=N–C) groups is 1. The third kappa shape index (κ3) is 7.84. The molecule has 1 aliphatic heterocycles. The van der Waals surface area contributed by atoms with Crippen molar-refractivity contribution in [2.24, 2.45) is 10.9 Å². The molecule has 0 bridgehead atoms. The van der Waals surface area contributed by atoms with E-state index < -0.39 is 0 Å². The van der Waals surface area contributed by atoms with Crippen molar-refractivity contribution in [3.63, 3.8) is 0 Å². The van der Waals surface area contributed by atoms with E-state index in [2.05, 4.69) is 34.4 Å². The first-order valence-corrected chi connectivity index (χ1v) is 11.4. The van der Waals surface area contributed by atoms with E-state index in [1.54, 1.807) is 6.07 Å². The Balaban J connectivity index is 1.73. The quantitative estimate of drug-likeness (QED) is 0.378. The van der Waals surface area contributed by atoms with E-state index >= 15 is 0 Å². The van der Waals surface area contributed by atoms with Crippen LogP contribution in [0.3, 0.4) is 0 Å². The van der Waals surface area contributed by atoms with E-state index in [0.29, 0.717) is 12.0 Å². The largest absolute Gasteiger partial charge is 0.356 e. The van der Waals surface area contributed by atoms with Gasteiger partial charge in [-0.1, -0.05) is 32.8 Å². The van der Waals surface area contributed by atoms with E-state index in [-0.39, 0.29) is 5.56 Å². The second-order valence-electron chi connectivity index (χ2n) is 8.51. The number of likely N-dealkylation sites (tertiary alicyclic amines) is 1. The van der Waals surface area contributed by atoms with Gasteiger partial charge in [-0.05, 0) is 57.7 Å². The van der Waals surface area contributed by atoms with Gasteiger partial charge >= 0.3 is 0 Å². The van der Waals surface area contributed by atoms with E-state index in [1.807, 2.05) is 30.7 Å². The predicted molar refractivity (Wildman–Crippen MR) is 123 cm³/mol. The summed E-state index contributed by atoms with van der Waals surface area (Å²) in [6.45, 7) is 11.6. The summed E-state index contributed by atoms with van der Waals surface area (Å²) < 4.78 is 1.85. The van der Waals surface area contributed by atoms with Gasteiger partial charge in [-0.25, -0.2) is 0 Å². The zero-order valence-corrected chi connectivity index (χ0v) is 18.9. The molecule has 164 valence electrons. The SMILES string of the molecule is CN=C(NCCCCn1c(C)cccc1=O)NCC(C(C)C)N1CCCCCC1. The van der Waals surface area contributed by atoms with Crippen LogP contribution in [-0.4, -0.2) is 54.7 Å². The van der Waals surface area contributed by atoms with Crippen molar-refractivity contribution >= 4 is 5.96 Å². The second kappa shape index (κ2) is 12.7. The summed E-state index contributed by atoms with van der Waals surface area (Å²) in [5.41, 5.74) is 1.11. The van der Waals surface area contributed by atoms with Crippen LogP contribution in [0.5, 0.6) is 0 Å². The van der Waals surface area contributed by atoms with Crippen molar-refractivity contribution in [3.05, 3.63) is 34.2 Å². The van der Waals surface area contributed by atoms with Crippen molar-refractivity contribution in [2.45, 2.75) is 71.9 Å². The normalized spacial score (nSPS) is 17.2. The molecule has 6 heteroatoms. The first-order chi connectivity index (χ1) is 14.0. The highest BCUT2D eigenvalue weighted by molar-refractivity contribution is 5.79. The van der Waals surface area contributed by atoms with Crippen LogP contribution in [0.15, 0.2) is 28.0 Å². The summed E-state index contributed by atoms with van der Waals surface area (Å²) in [4.78, 5) is 19.0. The van der Waals surface area contributed by atoms with Gasteiger partial charge in [-0.3, -0.25) is 14.7 Å². The number of aryl methyl sites for hydroxylation is 1. The Bertz CT molecular complexity index is 674. The van der Waals surface area contributed by atoms with Gasteiger partial charge in [0.05, 0.1) is 0 Å². The first kappa shape index (κ1) is 23.5. The molecule has 1 aromatic rings. The summed E-state index contributed by atoms with van der Waals surface area (Å²) in [7, 11) is 1.83. The molecular formula is C23H41N5O. The Hall–Kier alpha value is -1.82. The molecule has 0 aromatic carbocycles. The summed E-state index contributed by atoms with van der Waals surface area (Å²) in [6.07, 6.45) is 7.35. The highest BCUT2D eigenvalue weighted by Crippen LogP contribution is 2.17.